The lowest BCUT2D eigenvalue weighted by Crippen LogP contribution is -2.06. The molecule has 0 atom stereocenters. The van der Waals surface area contributed by atoms with Crippen molar-refractivity contribution in [1.29, 1.82) is 0 Å². The Balaban J connectivity index is 1.39. The third kappa shape index (κ3) is 3.50. The molecule has 2 aromatic carbocycles. The van der Waals surface area contributed by atoms with Gasteiger partial charge in [0.05, 0.1) is 11.3 Å². The molecular weight excluding hydrogens is 400 g/mol. The summed E-state index contributed by atoms with van der Waals surface area (Å²) in [7, 11) is 0. The van der Waals surface area contributed by atoms with E-state index in [2.05, 4.69) is 25.6 Å². The van der Waals surface area contributed by atoms with Gasteiger partial charge in [0.25, 0.3) is 0 Å². The minimum atomic E-state index is -0.402. The molecule has 0 aliphatic heterocycles. The summed E-state index contributed by atoms with van der Waals surface area (Å²) in [5, 5.41) is 15.7. The standard InChI is InChI=1S/C22H17F2N7/c1-14-25-10-11-30(14)19-7-6-15(12-18(19)24)13-26-20-8-9-21-27-28-22(31(21)29-20)16-4-2-3-5-17(16)23/h2-12H,13H2,1H3,(H,26,29). The molecule has 1 N–H and O–H groups in total. The van der Waals surface area contributed by atoms with Crippen LogP contribution in [0, 0.1) is 18.6 Å². The summed E-state index contributed by atoms with van der Waals surface area (Å²) in [5.74, 6) is 0.801. The van der Waals surface area contributed by atoms with Gasteiger partial charge in [-0.1, -0.05) is 18.2 Å². The first-order chi connectivity index (χ1) is 15.1. The molecule has 0 saturated heterocycles. The molecule has 0 bridgehead atoms. The van der Waals surface area contributed by atoms with Crippen molar-refractivity contribution in [3.05, 3.63) is 90.0 Å². The fraction of sp³-hybridized carbons (Fsp3) is 0.0909. The van der Waals surface area contributed by atoms with Gasteiger partial charge in [0.2, 0.25) is 0 Å². The highest BCUT2D eigenvalue weighted by Crippen LogP contribution is 2.22. The van der Waals surface area contributed by atoms with Crippen LogP contribution >= 0.6 is 0 Å². The van der Waals surface area contributed by atoms with Crippen molar-refractivity contribution in [3.8, 4) is 17.1 Å². The van der Waals surface area contributed by atoms with E-state index < -0.39 is 5.82 Å². The quantitative estimate of drug-likeness (QED) is 0.465. The van der Waals surface area contributed by atoms with E-state index >= 15 is 0 Å². The van der Waals surface area contributed by atoms with Gasteiger partial charge < -0.3 is 9.88 Å². The van der Waals surface area contributed by atoms with Crippen LogP contribution < -0.4 is 5.32 Å². The van der Waals surface area contributed by atoms with E-state index in [4.69, 9.17) is 0 Å². The molecule has 0 unspecified atom stereocenters. The number of aryl methyl sites for hydroxylation is 1. The van der Waals surface area contributed by atoms with Crippen molar-refractivity contribution >= 4 is 11.5 Å². The van der Waals surface area contributed by atoms with Crippen LogP contribution in [0.4, 0.5) is 14.6 Å². The van der Waals surface area contributed by atoms with Crippen molar-refractivity contribution in [1.82, 2.24) is 29.4 Å². The van der Waals surface area contributed by atoms with E-state index in [1.54, 1.807) is 53.4 Å². The molecule has 3 aromatic heterocycles. The third-order valence-electron chi connectivity index (χ3n) is 4.95. The predicted octanol–water partition coefficient (Wildman–Crippen LogP) is 4.18. The molecule has 0 amide bonds. The average molecular weight is 417 g/mol. The lowest BCUT2D eigenvalue weighted by atomic mass is 10.2. The third-order valence-corrected chi connectivity index (χ3v) is 4.95. The molecule has 0 radical (unpaired) electrons. The van der Waals surface area contributed by atoms with E-state index in [1.807, 2.05) is 13.0 Å². The van der Waals surface area contributed by atoms with Gasteiger partial charge in [0, 0.05) is 18.9 Å². The van der Waals surface area contributed by atoms with Crippen LogP contribution in [0.1, 0.15) is 11.4 Å². The maximum atomic E-state index is 14.6. The van der Waals surface area contributed by atoms with Gasteiger partial charge in [-0.2, -0.15) is 4.52 Å². The van der Waals surface area contributed by atoms with E-state index in [0.717, 1.165) is 5.56 Å². The zero-order valence-corrected chi connectivity index (χ0v) is 16.5. The SMILES string of the molecule is Cc1nccn1-c1ccc(CNc2ccc3nnc(-c4ccccc4F)n3n2)cc1F. The Morgan fingerprint density at radius 1 is 0.968 bits per heavy atom. The number of imidazole rings is 1. The molecular formula is C22H17F2N7. The lowest BCUT2D eigenvalue weighted by molar-refractivity contribution is 0.614. The highest BCUT2D eigenvalue weighted by molar-refractivity contribution is 5.60. The zero-order valence-electron chi connectivity index (χ0n) is 16.5. The second-order valence-electron chi connectivity index (χ2n) is 6.98. The summed E-state index contributed by atoms with van der Waals surface area (Å²) < 4.78 is 32.0. The van der Waals surface area contributed by atoms with Crippen LogP contribution in [0.25, 0.3) is 22.7 Å². The van der Waals surface area contributed by atoms with Crippen LogP contribution in [0.3, 0.4) is 0 Å². The Labute approximate surface area is 176 Å². The second kappa shape index (κ2) is 7.60. The number of aromatic nitrogens is 6. The topological polar surface area (TPSA) is 72.9 Å². The molecule has 0 aliphatic carbocycles. The van der Waals surface area contributed by atoms with Crippen molar-refractivity contribution < 1.29 is 8.78 Å². The fourth-order valence-corrected chi connectivity index (χ4v) is 3.37. The van der Waals surface area contributed by atoms with Gasteiger partial charge in [-0.05, 0) is 48.9 Å². The van der Waals surface area contributed by atoms with Gasteiger partial charge >= 0.3 is 0 Å². The van der Waals surface area contributed by atoms with Crippen LogP contribution in [-0.2, 0) is 6.54 Å². The summed E-state index contributed by atoms with van der Waals surface area (Å²) in [6.45, 7) is 2.17. The number of halogens is 2. The predicted molar refractivity (Wildman–Crippen MR) is 112 cm³/mol. The van der Waals surface area contributed by atoms with Crippen LogP contribution in [-0.4, -0.2) is 29.4 Å². The first kappa shape index (κ1) is 18.9. The summed E-state index contributed by atoms with van der Waals surface area (Å²) in [6, 6.07) is 14.8. The van der Waals surface area contributed by atoms with E-state index in [0.29, 0.717) is 40.9 Å². The van der Waals surface area contributed by atoms with Crippen LogP contribution in [0.15, 0.2) is 67.0 Å². The number of anilines is 1. The monoisotopic (exact) mass is 417 g/mol. The van der Waals surface area contributed by atoms with Gasteiger partial charge in [0.15, 0.2) is 11.5 Å². The molecule has 0 fully saturated rings. The number of hydrogen-bond acceptors (Lipinski definition) is 5. The highest BCUT2D eigenvalue weighted by Gasteiger charge is 2.14. The molecule has 31 heavy (non-hydrogen) atoms. The lowest BCUT2D eigenvalue weighted by Gasteiger charge is -2.10. The van der Waals surface area contributed by atoms with Crippen LogP contribution in [0.5, 0.6) is 0 Å². The minimum Gasteiger partial charge on any atom is -0.365 e. The highest BCUT2D eigenvalue weighted by atomic mass is 19.1. The smallest absolute Gasteiger partial charge is 0.188 e. The molecule has 5 rings (SSSR count). The van der Waals surface area contributed by atoms with Gasteiger partial charge in [-0.15, -0.1) is 15.3 Å². The van der Waals surface area contributed by atoms with Crippen molar-refractivity contribution in [2.24, 2.45) is 0 Å². The number of fused-ring (bicyclic) bond motifs is 1. The average Bonchev–Trinajstić information content (AvgIpc) is 3.38. The molecule has 7 nitrogen and oxygen atoms in total. The summed E-state index contributed by atoms with van der Waals surface area (Å²) in [6.07, 6.45) is 3.35. The first-order valence-electron chi connectivity index (χ1n) is 9.60. The number of benzene rings is 2. The Morgan fingerprint density at radius 2 is 1.84 bits per heavy atom. The molecule has 3 heterocycles. The summed E-state index contributed by atoms with van der Waals surface area (Å²) in [4.78, 5) is 4.13. The molecule has 0 spiro atoms. The number of nitrogens with one attached hydrogen (secondary N) is 1. The Hall–Kier alpha value is -4.14. The normalized spacial score (nSPS) is 11.2. The largest absolute Gasteiger partial charge is 0.365 e. The van der Waals surface area contributed by atoms with Gasteiger partial charge in [-0.25, -0.2) is 13.8 Å². The van der Waals surface area contributed by atoms with Gasteiger partial charge in [0.1, 0.15) is 23.3 Å². The molecule has 5 aromatic rings. The van der Waals surface area contributed by atoms with E-state index in [9.17, 15) is 8.78 Å². The molecule has 0 saturated carbocycles. The zero-order chi connectivity index (χ0) is 21.4. The summed E-state index contributed by atoms with van der Waals surface area (Å²) >= 11 is 0. The Bertz CT molecular complexity index is 1390. The fourth-order valence-electron chi connectivity index (χ4n) is 3.37. The number of nitrogens with zero attached hydrogens (tertiary/aromatic N) is 6. The summed E-state index contributed by atoms with van der Waals surface area (Å²) in [5.41, 5.74) is 2.00. The number of hydrogen-bond donors (Lipinski definition) is 1. The Kier molecular flexibility index (Phi) is 4.62. The van der Waals surface area contributed by atoms with E-state index in [-0.39, 0.29) is 5.82 Å². The minimum absolute atomic E-state index is 0.308. The van der Waals surface area contributed by atoms with Crippen molar-refractivity contribution in [3.63, 3.8) is 0 Å². The van der Waals surface area contributed by atoms with Crippen molar-refractivity contribution in [2.45, 2.75) is 13.5 Å². The molecule has 0 aliphatic rings. The first-order valence-corrected chi connectivity index (χ1v) is 9.60. The van der Waals surface area contributed by atoms with E-state index in [1.165, 1.54) is 16.6 Å². The van der Waals surface area contributed by atoms with Crippen molar-refractivity contribution in [2.75, 3.05) is 5.32 Å². The Morgan fingerprint density at radius 3 is 2.61 bits per heavy atom. The maximum absolute atomic E-state index is 14.6. The molecule has 9 heteroatoms. The number of rotatable bonds is 5. The maximum Gasteiger partial charge on any atom is 0.188 e. The molecule has 154 valence electrons. The van der Waals surface area contributed by atoms with Crippen LogP contribution in [0.2, 0.25) is 0 Å². The second-order valence-corrected chi connectivity index (χ2v) is 6.98. The van der Waals surface area contributed by atoms with Gasteiger partial charge in [-0.3, -0.25) is 0 Å².